The molecule has 1 aromatic rings. The van der Waals surface area contributed by atoms with E-state index in [-0.39, 0.29) is 24.0 Å². The number of halogens is 1. The molecule has 1 atom stereocenters. The number of hydrogen-bond donors (Lipinski definition) is 2. The van der Waals surface area contributed by atoms with Crippen LogP contribution >= 0.6 is 24.0 Å². The van der Waals surface area contributed by atoms with Gasteiger partial charge in [0.1, 0.15) is 12.4 Å². The molecule has 2 aliphatic heterocycles. The molecule has 1 aromatic heterocycles. The highest BCUT2D eigenvalue weighted by Gasteiger charge is 2.32. The lowest BCUT2D eigenvalue weighted by Crippen LogP contribution is -2.50. The highest BCUT2D eigenvalue weighted by atomic mass is 127. The quantitative estimate of drug-likeness (QED) is 0.349. The summed E-state index contributed by atoms with van der Waals surface area (Å²) in [6.45, 7) is 6.57. The van der Waals surface area contributed by atoms with Crippen LogP contribution in [0.4, 0.5) is 0 Å². The van der Waals surface area contributed by atoms with Crippen LogP contribution in [0.2, 0.25) is 0 Å². The number of likely N-dealkylation sites (tertiary alicyclic amines) is 1. The van der Waals surface area contributed by atoms with Crippen molar-refractivity contribution in [1.82, 2.24) is 30.3 Å². The molecule has 0 bridgehead atoms. The first-order valence-electron chi connectivity index (χ1n) is 10.4. The minimum Gasteiger partial charge on any atom is -0.376 e. The van der Waals surface area contributed by atoms with Gasteiger partial charge in [0.15, 0.2) is 11.8 Å². The van der Waals surface area contributed by atoms with E-state index in [2.05, 4.69) is 25.7 Å². The average molecular weight is 503 g/mol. The number of nitrogens with one attached hydrogen (secondary N) is 2. The summed E-state index contributed by atoms with van der Waals surface area (Å²) in [6, 6.07) is 1.35. The van der Waals surface area contributed by atoms with E-state index in [9.17, 15) is 0 Å². The third-order valence-corrected chi connectivity index (χ3v) is 6.02. The number of aryl methyl sites for hydroxylation is 1. The molecule has 3 aliphatic rings. The van der Waals surface area contributed by atoms with E-state index in [0.717, 1.165) is 49.6 Å². The number of hydrogen-bond acceptors (Lipinski definition) is 5. The number of piperidine rings is 1. The lowest BCUT2D eigenvalue weighted by molar-refractivity contribution is 0.113. The van der Waals surface area contributed by atoms with Gasteiger partial charge in [-0.3, -0.25) is 0 Å². The Morgan fingerprint density at radius 1 is 1.18 bits per heavy atom. The summed E-state index contributed by atoms with van der Waals surface area (Å²) in [5.74, 6) is 2.67. The van der Waals surface area contributed by atoms with E-state index in [0.29, 0.717) is 18.7 Å². The van der Waals surface area contributed by atoms with E-state index >= 15 is 0 Å². The first-order chi connectivity index (χ1) is 13.2. The number of ether oxygens (including phenoxy) is 1. The highest BCUT2D eigenvalue weighted by molar-refractivity contribution is 14.0. The topological polar surface area (TPSA) is 79.6 Å². The molecule has 2 N–H and O–H groups in total. The number of nitrogens with zero attached hydrogens (tertiary/aromatic N) is 5. The molecule has 28 heavy (non-hydrogen) atoms. The van der Waals surface area contributed by atoms with Crippen molar-refractivity contribution in [3.63, 3.8) is 0 Å². The maximum Gasteiger partial charge on any atom is 0.192 e. The fourth-order valence-corrected chi connectivity index (χ4v) is 3.95. The van der Waals surface area contributed by atoms with Crippen LogP contribution in [0.1, 0.15) is 50.2 Å². The lowest BCUT2D eigenvalue weighted by Gasteiger charge is -2.33. The monoisotopic (exact) mass is 503 g/mol. The van der Waals surface area contributed by atoms with Crippen molar-refractivity contribution >= 4 is 29.9 Å². The van der Waals surface area contributed by atoms with Crippen LogP contribution in [0.25, 0.3) is 0 Å². The zero-order valence-corrected chi connectivity index (χ0v) is 19.4. The molecule has 1 saturated carbocycles. The first kappa shape index (κ1) is 21.8. The van der Waals surface area contributed by atoms with Gasteiger partial charge in [-0.05, 0) is 45.4 Å². The standard InChI is InChI=1S/C19H33N7O.HI/c1-14-23-24-18(25(14)2)13-21-19(20-12-17-4-3-11-27-17)22-15-7-9-26(10-8-15)16-5-6-16;/h15-17H,3-13H2,1-2H3,(H2,20,21,22);1H. The van der Waals surface area contributed by atoms with E-state index in [1.54, 1.807) is 0 Å². The van der Waals surface area contributed by atoms with Crippen molar-refractivity contribution in [2.24, 2.45) is 12.0 Å². The Balaban J connectivity index is 0.00000225. The summed E-state index contributed by atoms with van der Waals surface area (Å²) in [5.41, 5.74) is 0. The summed E-state index contributed by atoms with van der Waals surface area (Å²) >= 11 is 0. The van der Waals surface area contributed by atoms with Crippen LogP contribution in [-0.2, 0) is 18.3 Å². The fraction of sp³-hybridized carbons (Fsp3) is 0.842. The maximum atomic E-state index is 5.75. The summed E-state index contributed by atoms with van der Waals surface area (Å²) in [6.07, 6.45) is 7.73. The third-order valence-electron chi connectivity index (χ3n) is 6.02. The first-order valence-corrected chi connectivity index (χ1v) is 10.4. The molecule has 9 heteroatoms. The van der Waals surface area contributed by atoms with Gasteiger partial charge in [0.25, 0.3) is 0 Å². The van der Waals surface area contributed by atoms with E-state index in [4.69, 9.17) is 9.73 Å². The predicted molar refractivity (Wildman–Crippen MR) is 120 cm³/mol. The van der Waals surface area contributed by atoms with Crippen molar-refractivity contribution in [3.8, 4) is 0 Å². The predicted octanol–water partition coefficient (Wildman–Crippen LogP) is 1.58. The Bertz CT molecular complexity index is 647. The Kier molecular flexibility index (Phi) is 7.93. The molecule has 4 rings (SSSR count). The Morgan fingerprint density at radius 3 is 2.57 bits per heavy atom. The molecule has 8 nitrogen and oxygen atoms in total. The largest absolute Gasteiger partial charge is 0.376 e. The molecule has 158 valence electrons. The highest BCUT2D eigenvalue weighted by Crippen LogP contribution is 2.29. The molecule has 0 aromatic carbocycles. The van der Waals surface area contributed by atoms with Crippen molar-refractivity contribution in [3.05, 3.63) is 11.6 Å². The Hall–Kier alpha value is -0.940. The van der Waals surface area contributed by atoms with Crippen LogP contribution < -0.4 is 10.6 Å². The van der Waals surface area contributed by atoms with Crippen LogP contribution in [0.5, 0.6) is 0 Å². The minimum absolute atomic E-state index is 0. The van der Waals surface area contributed by atoms with Gasteiger partial charge in [-0.25, -0.2) is 4.99 Å². The number of guanidine groups is 1. The zero-order valence-electron chi connectivity index (χ0n) is 17.1. The molecular weight excluding hydrogens is 469 g/mol. The van der Waals surface area contributed by atoms with E-state index in [1.165, 1.54) is 38.8 Å². The van der Waals surface area contributed by atoms with Crippen LogP contribution in [0.3, 0.4) is 0 Å². The zero-order chi connectivity index (χ0) is 18.6. The molecule has 3 fully saturated rings. The molecule has 1 unspecified atom stereocenters. The van der Waals surface area contributed by atoms with Gasteiger partial charge < -0.3 is 24.8 Å². The molecule has 1 aliphatic carbocycles. The lowest BCUT2D eigenvalue weighted by atomic mass is 10.1. The van der Waals surface area contributed by atoms with E-state index < -0.39 is 0 Å². The fourth-order valence-electron chi connectivity index (χ4n) is 3.95. The average Bonchev–Trinajstić information content (AvgIpc) is 3.31. The van der Waals surface area contributed by atoms with Gasteiger partial charge in [0.05, 0.1) is 6.10 Å². The smallest absolute Gasteiger partial charge is 0.192 e. The third kappa shape index (κ3) is 5.79. The second kappa shape index (κ2) is 10.2. The number of aliphatic imine (C=N–C) groups is 1. The normalized spacial score (nSPS) is 24.2. The Morgan fingerprint density at radius 2 is 1.96 bits per heavy atom. The van der Waals surface area contributed by atoms with Gasteiger partial charge >= 0.3 is 0 Å². The maximum absolute atomic E-state index is 5.75. The van der Waals surface area contributed by atoms with Crippen LogP contribution in [-0.4, -0.2) is 70.1 Å². The number of rotatable bonds is 6. The molecular formula is C19H34IN7O. The molecule has 0 spiro atoms. The SMILES string of the molecule is Cc1nnc(CN=C(NCC2CCCO2)NC2CCN(C3CC3)CC2)n1C.I. The summed E-state index contributed by atoms with van der Waals surface area (Å²) < 4.78 is 7.74. The molecule has 3 heterocycles. The summed E-state index contributed by atoms with van der Waals surface area (Å²) in [7, 11) is 1.99. The number of aromatic nitrogens is 3. The van der Waals surface area contributed by atoms with Gasteiger partial charge in [-0.15, -0.1) is 34.2 Å². The van der Waals surface area contributed by atoms with Gasteiger partial charge in [-0.2, -0.15) is 0 Å². The van der Waals surface area contributed by atoms with Gasteiger partial charge in [-0.1, -0.05) is 0 Å². The van der Waals surface area contributed by atoms with Crippen molar-refractivity contribution < 1.29 is 4.74 Å². The molecule has 2 saturated heterocycles. The van der Waals surface area contributed by atoms with Gasteiger partial charge in [0.2, 0.25) is 0 Å². The van der Waals surface area contributed by atoms with Crippen molar-refractivity contribution in [1.29, 1.82) is 0 Å². The molecule has 0 radical (unpaired) electrons. The Labute approximate surface area is 184 Å². The second-order valence-electron chi connectivity index (χ2n) is 8.09. The van der Waals surface area contributed by atoms with Crippen LogP contribution in [0.15, 0.2) is 4.99 Å². The molecule has 0 amide bonds. The van der Waals surface area contributed by atoms with Crippen molar-refractivity contribution in [2.45, 2.75) is 70.2 Å². The summed E-state index contributed by atoms with van der Waals surface area (Å²) in [5, 5.41) is 15.5. The van der Waals surface area contributed by atoms with Gasteiger partial charge in [0, 0.05) is 45.4 Å². The second-order valence-corrected chi connectivity index (χ2v) is 8.09. The van der Waals surface area contributed by atoms with Crippen LogP contribution in [0, 0.1) is 6.92 Å². The van der Waals surface area contributed by atoms with E-state index in [1.807, 2.05) is 18.5 Å². The van der Waals surface area contributed by atoms with Crippen molar-refractivity contribution in [2.75, 3.05) is 26.2 Å². The minimum atomic E-state index is 0. The summed E-state index contributed by atoms with van der Waals surface area (Å²) in [4.78, 5) is 7.44.